The lowest BCUT2D eigenvalue weighted by Crippen LogP contribution is -2.26. The molecule has 0 radical (unpaired) electrons. The standard InChI is InChI=1S/C15H24N2O/c1-10(2)12-4-6-13(7-5-12)18-14-8-15(16)11(3)17-9-14/h8-10,12-13H,4-7,16H2,1-3H3. The van der Waals surface area contributed by atoms with Gasteiger partial charge >= 0.3 is 0 Å². The van der Waals surface area contributed by atoms with Gasteiger partial charge in [-0.15, -0.1) is 0 Å². The lowest BCUT2D eigenvalue weighted by Gasteiger charge is -2.31. The Morgan fingerprint density at radius 3 is 2.50 bits per heavy atom. The largest absolute Gasteiger partial charge is 0.489 e. The molecule has 1 heterocycles. The van der Waals surface area contributed by atoms with E-state index in [0.717, 1.165) is 36.1 Å². The van der Waals surface area contributed by atoms with Crippen molar-refractivity contribution in [3.05, 3.63) is 18.0 Å². The normalized spacial score (nSPS) is 24.2. The summed E-state index contributed by atoms with van der Waals surface area (Å²) in [6.07, 6.45) is 6.96. The molecule has 0 aliphatic heterocycles. The van der Waals surface area contributed by atoms with Crippen LogP contribution in [0.4, 0.5) is 5.69 Å². The molecule has 1 fully saturated rings. The molecule has 0 unspecified atom stereocenters. The molecule has 0 amide bonds. The number of hydrogen-bond donors (Lipinski definition) is 1. The Hall–Kier alpha value is -1.25. The van der Waals surface area contributed by atoms with Gasteiger partial charge < -0.3 is 10.5 Å². The van der Waals surface area contributed by atoms with E-state index in [2.05, 4.69) is 18.8 Å². The number of nitrogens with two attached hydrogens (primary N) is 1. The summed E-state index contributed by atoms with van der Waals surface area (Å²) in [6.45, 7) is 6.54. The minimum atomic E-state index is 0.337. The van der Waals surface area contributed by atoms with E-state index >= 15 is 0 Å². The molecule has 1 aliphatic rings. The van der Waals surface area contributed by atoms with Crippen LogP contribution < -0.4 is 10.5 Å². The molecule has 0 aromatic carbocycles. The SMILES string of the molecule is Cc1ncc(OC2CCC(C(C)C)CC2)cc1N. The molecule has 1 aromatic heterocycles. The fraction of sp³-hybridized carbons (Fsp3) is 0.667. The van der Waals surface area contributed by atoms with Gasteiger partial charge in [-0.1, -0.05) is 13.8 Å². The summed E-state index contributed by atoms with van der Waals surface area (Å²) < 4.78 is 5.98. The van der Waals surface area contributed by atoms with Gasteiger partial charge in [-0.25, -0.2) is 0 Å². The van der Waals surface area contributed by atoms with E-state index in [1.54, 1.807) is 6.20 Å². The Morgan fingerprint density at radius 2 is 1.94 bits per heavy atom. The third-order valence-electron chi connectivity index (χ3n) is 4.07. The minimum Gasteiger partial charge on any atom is -0.489 e. The minimum absolute atomic E-state index is 0.337. The van der Waals surface area contributed by atoms with Crippen LogP contribution in [0.15, 0.2) is 12.3 Å². The first-order chi connectivity index (χ1) is 8.56. The van der Waals surface area contributed by atoms with Crippen molar-refractivity contribution in [1.82, 2.24) is 4.98 Å². The van der Waals surface area contributed by atoms with Crippen LogP contribution in [0, 0.1) is 18.8 Å². The van der Waals surface area contributed by atoms with Gasteiger partial charge in [0.2, 0.25) is 0 Å². The summed E-state index contributed by atoms with van der Waals surface area (Å²) in [6, 6.07) is 1.89. The monoisotopic (exact) mass is 248 g/mol. The highest BCUT2D eigenvalue weighted by molar-refractivity contribution is 5.46. The first kappa shape index (κ1) is 13.2. The van der Waals surface area contributed by atoms with Crippen molar-refractivity contribution < 1.29 is 4.74 Å². The summed E-state index contributed by atoms with van der Waals surface area (Å²) in [7, 11) is 0. The van der Waals surface area contributed by atoms with Gasteiger partial charge in [0.1, 0.15) is 5.75 Å². The number of hydrogen-bond acceptors (Lipinski definition) is 3. The van der Waals surface area contributed by atoms with E-state index in [0.29, 0.717) is 11.8 Å². The van der Waals surface area contributed by atoms with E-state index < -0.39 is 0 Å². The molecule has 0 saturated heterocycles. The summed E-state index contributed by atoms with van der Waals surface area (Å²) in [4.78, 5) is 4.24. The van der Waals surface area contributed by atoms with Crippen LogP contribution in [0.1, 0.15) is 45.2 Å². The van der Waals surface area contributed by atoms with E-state index in [1.165, 1.54) is 12.8 Å². The second kappa shape index (κ2) is 5.59. The second-order valence-corrected chi connectivity index (χ2v) is 5.74. The predicted molar refractivity (Wildman–Crippen MR) is 74.6 cm³/mol. The van der Waals surface area contributed by atoms with E-state index in [1.807, 2.05) is 13.0 Å². The number of rotatable bonds is 3. The smallest absolute Gasteiger partial charge is 0.140 e. The number of nitrogen functional groups attached to an aromatic ring is 1. The van der Waals surface area contributed by atoms with Crippen molar-refractivity contribution in [2.75, 3.05) is 5.73 Å². The molecule has 18 heavy (non-hydrogen) atoms. The van der Waals surface area contributed by atoms with Gasteiger partial charge in [-0.2, -0.15) is 0 Å². The topological polar surface area (TPSA) is 48.1 Å². The van der Waals surface area contributed by atoms with Gasteiger partial charge in [0.25, 0.3) is 0 Å². The molecule has 0 atom stereocenters. The average molecular weight is 248 g/mol. The Kier molecular flexibility index (Phi) is 4.10. The zero-order valence-corrected chi connectivity index (χ0v) is 11.6. The lowest BCUT2D eigenvalue weighted by atomic mass is 9.80. The van der Waals surface area contributed by atoms with Gasteiger partial charge in [-0.05, 0) is 44.4 Å². The van der Waals surface area contributed by atoms with Gasteiger partial charge in [-0.3, -0.25) is 4.98 Å². The first-order valence-electron chi connectivity index (χ1n) is 6.95. The number of pyridine rings is 1. The molecule has 0 spiro atoms. The van der Waals surface area contributed by atoms with Crippen LogP contribution in [-0.4, -0.2) is 11.1 Å². The van der Waals surface area contributed by atoms with Crippen molar-refractivity contribution in [3.8, 4) is 5.75 Å². The predicted octanol–water partition coefficient (Wildman–Crippen LogP) is 3.57. The summed E-state index contributed by atoms with van der Waals surface area (Å²) >= 11 is 0. The van der Waals surface area contributed by atoms with Crippen molar-refractivity contribution in [2.24, 2.45) is 11.8 Å². The average Bonchev–Trinajstić information content (AvgIpc) is 2.34. The van der Waals surface area contributed by atoms with Crippen molar-refractivity contribution >= 4 is 5.69 Å². The Balaban J connectivity index is 1.89. The van der Waals surface area contributed by atoms with Crippen LogP contribution in [-0.2, 0) is 0 Å². The number of nitrogens with zero attached hydrogens (tertiary/aromatic N) is 1. The molecule has 2 N–H and O–H groups in total. The van der Waals surface area contributed by atoms with Crippen LogP contribution >= 0.6 is 0 Å². The Morgan fingerprint density at radius 1 is 1.28 bits per heavy atom. The number of anilines is 1. The molecular formula is C15H24N2O. The molecule has 100 valence electrons. The second-order valence-electron chi connectivity index (χ2n) is 5.74. The molecule has 1 aliphatic carbocycles. The quantitative estimate of drug-likeness (QED) is 0.889. The number of ether oxygens (including phenoxy) is 1. The fourth-order valence-corrected chi connectivity index (χ4v) is 2.66. The van der Waals surface area contributed by atoms with Crippen molar-refractivity contribution in [3.63, 3.8) is 0 Å². The number of aryl methyl sites for hydroxylation is 1. The van der Waals surface area contributed by atoms with Crippen LogP contribution in [0.5, 0.6) is 5.75 Å². The fourth-order valence-electron chi connectivity index (χ4n) is 2.66. The van der Waals surface area contributed by atoms with Crippen molar-refractivity contribution in [1.29, 1.82) is 0 Å². The molecular weight excluding hydrogens is 224 g/mol. The highest BCUT2D eigenvalue weighted by atomic mass is 16.5. The van der Waals surface area contributed by atoms with E-state index in [4.69, 9.17) is 10.5 Å². The van der Waals surface area contributed by atoms with Crippen LogP contribution in [0.25, 0.3) is 0 Å². The first-order valence-corrected chi connectivity index (χ1v) is 6.95. The molecule has 3 nitrogen and oxygen atoms in total. The highest BCUT2D eigenvalue weighted by Crippen LogP contribution is 2.32. The third kappa shape index (κ3) is 3.15. The van der Waals surface area contributed by atoms with Crippen LogP contribution in [0.3, 0.4) is 0 Å². The lowest BCUT2D eigenvalue weighted by molar-refractivity contribution is 0.116. The van der Waals surface area contributed by atoms with Gasteiger partial charge in [0, 0.05) is 6.07 Å². The van der Waals surface area contributed by atoms with Crippen molar-refractivity contribution in [2.45, 2.75) is 52.6 Å². The zero-order chi connectivity index (χ0) is 13.1. The van der Waals surface area contributed by atoms with Gasteiger partial charge in [0.05, 0.1) is 23.7 Å². The maximum atomic E-state index is 5.98. The highest BCUT2D eigenvalue weighted by Gasteiger charge is 2.24. The molecule has 2 rings (SSSR count). The maximum Gasteiger partial charge on any atom is 0.140 e. The summed E-state index contributed by atoms with van der Waals surface area (Å²) in [5, 5.41) is 0. The third-order valence-corrected chi connectivity index (χ3v) is 4.07. The molecule has 0 bridgehead atoms. The summed E-state index contributed by atoms with van der Waals surface area (Å²) in [5.74, 6) is 2.47. The maximum absolute atomic E-state index is 5.98. The number of aromatic nitrogens is 1. The Labute approximate surface area is 110 Å². The Bertz CT molecular complexity index is 395. The van der Waals surface area contributed by atoms with Gasteiger partial charge in [0.15, 0.2) is 0 Å². The van der Waals surface area contributed by atoms with E-state index in [-0.39, 0.29) is 0 Å². The molecule has 1 saturated carbocycles. The molecule has 1 aromatic rings. The van der Waals surface area contributed by atoms with E-state index in [9.17, 15) is 0 Å². The summed E-state index contributed by atoms with van der Waals surface area (Å²) in [5.41, 5.74) is 7.42. The molecule has 3 heteroatoms. The zero-order valence-electron chi connectivity index (χ0n) is 11.6. The van der Waals surface area contributed by atoms with Crippen LogP contribution in [0.2, 0.25) is 0 Å².